The van der Waals surface area contributed by atoms with Crippen LogP contribution in [0.5, 0.6) is 5.75 Å². The van der Waals surface area contributed by atoms with Crippen LogP contribution in [-0.4, -0.2) is 39.0 Å². The van der Waals surface area contributed by atoms with Crippen LogP contribution in [0.3, 0.4) is 0 Å². The topological polar surface area (TPSA) is 72.6 Å². The molecule has 0 heterocycles. The van der Waals surface area contributed by atoms with Crippen LogP contribution in [0.25, 0.3) is 0 Å². The van der Waals surface area contributed by atoms with Crippen molar-refractivity contribution in [3.05, 3.63) is 24.3 Å². The van der Waals surface area contributed by atoms with E-state index in [2.05, 4.69) is 0 Å². The van der Waals surface area contributed by atoms with Crippen LogP contribution in [0, 0.1) is 0 Å². The Balaban J connectivity index is 2.33. The smallest absolute Gasteiger partial charge is 0.243 e. The van der Waals surface area contributed by atoms with Crippen molar-refractivity contribution in [2.24, 2.45) is 5.73 Å². The van der Waals surface area contributed by atoms with E-state index in [1.807, 2.05) is 0 Å². The maximum absolute atomic E-state index is 12.7. The van der Waals surface area contributed by atoms with Gasteiger partial charge in [-0.15, -0.1) is 0 Å². The van der Waals surface area contributed by atoms with Gasteiger partial charge >= 0.3 is 0 Å². The first-order valence-electron chi connectivity index (χ1n) is 6.79. The molecule has 1 aromatic carbocycles. The van der Waals surface area contributed by atoms with Crippen LogP contribution in [0.15, 0.2) is 29.2 Å². The van der Waals surface area contributed by atoms with Crippen molar-refractivity contribution < 1.29 is 13.2 Å². The van der Waals surface area contributed by atoms with Gasteiger partial charge in [0.05, 0.1) is 12.0 Å². The summed E-state index contributed by atoms with van der Waals surface area (Å²) in [6.07, 6.45) is 3.71. The molecule has 0 aromatic heterocycles. The van der Waals surface area contributed by atoms with Crippen LogP contribution in [-0.2, 0) is 10.0 Å². The second kappa shape index (κ2) is 5.71. The van der Waals surface area contributed by atoms with E-state index in [1.54, 1.807) is 38.4 Å². The van der Waals surface area contributed by atoms with Gasteiger partial charge in [0.25, 0.3) is 0 Å². The van der Waals surface area contributed by atoms with Gasteiger partial charge in [-0.25, -0.2) is 8.42 Å². The van der Waals surface area contributed by atoms with Crippen molar-refractivity contribution in [2.75, 3.05) is 20.7 Å². The van der Waals surface area contributed by atoms with Gasteiger partial charge in [0.1, 0.15) is 5.75 Å². The van der Waals surface area contributed by atoms with Crippen LogP contribution >= 0.6 is 0 Å². The maximum atomic E-state index is 12.7. The SMILES string of the molecule is COc1ccc(S(=O)(=O)N(C)C2(CN)CCCC2)cc1. The van der Waals surface area contributed by atoms with Crippen LogP contribution < -0.4 is 10.5 Å². The number of rotatable bonds is 5. The summed E-state index contributed by atoms with van der Waals surface area (Å²) in [5, 5.41) is 0. The highest BCUT2D eigenvalue weighted by molar-refractivity contribution is 7.89. The van der Waals surface area contributed by atoms with Gasteiger partial charge in [0, 0.05) is 19.1 Å². The molecule has 0 spiro atoms. The second-order valence-corrected chi connectivity index (χ2v) is 7.25. The Kier molecular flexibility index (Phi) is 4.36. The molecule has 0 aliphatic heterocycles. The van der Waals surface area contributed by atoms with E-state index in [-0.39, 0.29) is 4.90 Å². The lowest BCUT2D eigenvalue weighted by molar-refractivity contribution is 0.230. The molecule has 0 unspecified atom stereocenters. The van der Waals surface area contributed by atoms with Crippen molar-refractivity contribution in [1.82, 2.24) is 4.31 Å². The first-order valence-corrected chi connectivity index (χ1v) is 8.23. The Morgan fingerprint density at radius 1 is 1.25 bits per heavy atom. The zero-order chi connectivity index (χ0) is 14.8. The summed E-state index contributed by atoms with van der Waals surface area (Å²) >= 11 is 0. The molecule has 6 heteroatoms. The number of hydrogen-bond acceptors (Lipinski definition) is 4. The fraction of sp³-hybridized carbons (Fsp3) is 0.571. The Hall–Kier alpha value is -1.11. The van der Waals surface area contributed by atoms with Crippen LogP contribution in [0.1, 0.15) is 25.7 Å². The predicted octanol–water partition coefficient (Wildman–Crippen LogP) is 1.59. The molecule has 1 aliphatic rings. The molecule has 0 radical (unpaired) electrons. The van der Waals surface area contributed by atoms with Gasteiger partial charge in [-0.05, 0) is 37.1 Å². The Labute approximate surface area is 120 Å². The normalized spacial score (nSPS) is 18.4. The number of likely N-dealkylation sites (N-methyl/N-ethyl adjacent to an activating group) is 1. The zero-order valence-corrected chi connectivity index (χ0v) is 12.8. The average molecular weight is 298 g/mol. The van der Waals surface area contributed by atoms with Gasteiger partial charge in [-0.3, -0.25) is 0 Å². The second-order valence-electron chi connectivity index (χ2n) is 5.28. The summed E-state index contributed by atoms with van der Waals surface area (Å²) in [5.41, 5.74) is 5.43. The highest BCUT2D eigenvalue weighted by Gasteiger charge is 2.42. The molecule has 5 nitrogen and oxygen atoms in total. The third kappa shape index (κ3) is 2.55. The number of benzene rings is 1. The molecule has 0 amide bonds. The number of hydrogen-bond donors (Lipinski definition) is 1. The van der Waals surface area contributed by atoms with E-state index < -0.39 is 15.6 Å². The molecule has 0 saturated heterocycles. The minimum atomic E-state index is -3.52. The molecule has 0 atom stereocenters. The van der Waals surface area contributed by atoms with Gasteiger partial charge in [-0.1, -0.05) is 12.8 Å². The zero-order valence-electron chi connectivity index (χ0n) is 12.0. The summed E-state index contributed by atoms with van der Waals surface area (Å²) in [7, 11) is -0.330. The highest BCUT2D eigenvalue weighted by Crippen LogP contribution is 2.36. The van der Waals surface area contributed by atoms with Gasteiger partial charge in [0.15, 0.2) is 0 Å². The number of nitrogens with two attached hydrogens (primary N) is 1. The average Bonchev–Trinajstić information content (AvgIpc) is 2.96. The van der Waals surface area contributed by atoms with Crippen LogP contribution in [0.2, 0.25) is 0 Å². The van der Waals surface area contributed by atoms with E-state index in [0.29, 0.717) is 12.3 Å². The van der Waals surface area contributed by atoms with Gasteiger partial charge in [-0.2, -0.15) is 4.31 Å². The van der Waals surface area contributed by atoms with E-state index in [4.69, 9.17) is 10.5 Å². The van der Waals surface area contributed by atoms with Crippen molar-refractivity contribution in [3.8, 4) is 5.75 Å². The van der Waals surface area contributed by atoms with Crippen molar-refractivity contribution >= 4 is 10.0 Å². The lowest BCUT2D eigenvalue weighted by Crippen LogP contribution is -2.52. The van der Waals surface area contributed by atoms with Gasteiger partial charge < -0.3 is 10.5 Å². The first-order chi connectivity index (χ1) is 9.46. The molecular weight excluding hydrogens is 276 g/mol. The maximum Gasteiger partial charge on any atom is 0.243 e. The molecule has 20 heavy (non-hydrogen) atoms. The highest BCUT2D eigenvalue weighted by atomic mass is 32.2. The lowest BCUT2D eigenvalue weighted by Gasteiger charge is -2.36. The fourth-order valence-corrected chi connectivity index (χ4v) is 4.40. The third-order valence-corrected chi connectivity index (χ3v) is 6.28. The molecular formula is C14H22N2O3S. The van der Waals surface area contributed by atoms with E-state index in [0.717, 1.165) is 25.7 Å². The number of nitrogens with zero attached hydrogens (tertiary/aromatic N) is 1. The largest absolute Gasteiger partial charge is 0.497 e. The molecule has 2 N–H and O–H groups in total. The van der Waals surface area contributed by atoms with Crippen molar-refractivity contribution in [2.45, 2.75) is 36.1 Å². The molecule has 2 rings (SSSR count). The molecule has 112 valence electrons. The Morgan fingerprint density at radius 2 is 1.80 bits per heavy atom. The molecule has 1 aromatic rings. The summed E-state index contributed by atoms with van der Waals surface area (Å²) in [6.45, 7) is 0.360. The number of ether oxygens (including phenoxy) is 1. The number of sulfonamides is 1. The third-order valence-electron chi connectivity index (χ3n) is 4.30. The van der Waals surface area contributed by atoms with E-state index >= 15 is 0 Å². The monoisotopic (exact) mass is 298 g/mol. The van der Waals surface area contributed by atoms with Gasteiger partial charge in [0.2, 0.25) is 10.0 Å². The quantitative estimate of drug-likeness (QED) is 0.896. The summed E-state index contributed by atoms with van der Waals surface area (Å²) in [4.78, 5) is 0.278. The van der Waals surface area contributed by atoms with Crippen LogP contribution in [0.4, 0.5) is 0 Å². The summed E-state index contributed by atoms with van der Waals surface area (Å²) < 4.78 is 31.9. The molecule has 1 aliphatic carbocycles. The fourth-order valence-electron chi connectivity index (χ4n) is 2.84. The first kappa shape index (κ1) is 15.3. The number of methoxy groups -OCH3 is 1. The van der Waals surface area contributed by atoms with Crippen molar-refractivity contribution in [3.63, 3.8) is 0 Å². The lowest BCUT2D eigenvalue weighted by atomic mass is 9.98. The van der Waals surface area contributed by atoms with E-state index in [1.165, 1.54) is 4.31 Å². The summed E-state index contributed by atoms with van der Waals surface area (Å²) in [6, 6.07) is 6.46. The Morgan fingerprint density at radius 3 is 2.25 bits per heavy atom. The minimum Gasteiger partial charge on any atom is -0.497 e. The molecule has 1 fully saturated rings. The standard InChI is InChI=1S/C14H22N2O3S/c1-16(14(11-15)9-3-4-10-14)20(17,18)13-7-5-12(19-2)6-8-13/h5-8H,3-4,9-11,15H2,1-2H3. The summed E-state index contributed by atoms with van der Waals surface area (Å²) in [5.74, 6) is 0.640. The van der Waals surface area contributed by atoms with Crippen molar-refractivity contribution in [1.29, 1.82) is 0 Å². The molecule has 0 bridgehead atoms. The minimum absolute atomic E-state index is 0.278. The molecule has 1 saturated carbocycles. The predicted molar refractivity (Wildman–Crippen MR) is 78.2 cm³/mol. The van der Waals surface area contributed by atoms with E-state index in [9.17, 15) is 8.42 Å². The Bertz CT molecular complexity index is 548.